The van der Waals surface area contributed by atoms with E-state index in [1.165, 1.54) is 11.3 Å². The maximum atomic E-state index is 6.39. The molecule has 0 aliphatic carbocycles. The molecule has 0 radical (unpaired) electrons. The minimum Gasteiger partial charge on any atom is -0.495 e. The molecule has 4 aromatic rings. The summed E-state index contributed by atoms with van der Waals surface area (Å²) in [6.07, 6.45) is 3.21. The van der Waals surface area contributed by atoms with Gasteiger partial charge in [-0.2, -0.15) is 0 Å². The third-order valence-corrected chi connectivity index (χ3v) is 7.56. The number of benzene rings is 3. The van der Waals surface area contributed by atoms with E-state index in [1.807, 2.05) is 53.4 Å². The Labute approximate surface area is 236 Å². The maximum absolute atomic E-state index is 6.39. The lowest BCUT2D eigenvalue weighted by Crippen LogP contribution is -2.46. The third kappa shape index (κ3) is 6.02. The van der Waals surface area contributed by atoms with Crippen molar-refractivity contribution in [3.63, 3.8) is 0 Å². The fourth-order valence-electron chi connectivity index (χ4n) is 5.37. The standard InChI is InChI=1S/C32H39N5O3/c1-34-32(33)37(31-23-25-11-4-6-13-28(25)40-31)27-22-24(15-16-30(27)39-3)10-8-9-17-35-18-20-36(21-19-35)26-12-5-7-14-29(26)38-2/h4-7,11-16,22-23H,8-10,17-21H2,1-3H3,(H2,33,34). The van der Waals surface area contributed by atoms with Crippen LogP contribution in [0, 0.1) is 0 Å². The van der Waals surface area contributed by atoms with Crippen LogP contribution in [0.2, 0.25) is 0 Å². The highest BCUT2D eigenvalue weighted by atomic mass is 16.5. The lowest BCUT2D eigenvalue weighted by Gasteiger charge is -2.36. The van der Waals surface area contributed by atoms with Crippen LogP contribution >= 0.6 is 0 Å². The van der Waals surface area contributed by atoms with Gasteiger partial charge in [-0.25, -0.2) is 4.90 Å². The Morgan fingerprint density at radius 3 is 2.40 bits per heavy atom. The number of hydrogen-bond donors (Lipinski definition) is 1. The van der Waals surface area contributed by atoms with Gasteiger partial charge in [-0.1, -0.05) is 36.4 Å². The van der Waals surface area contributed by atoms with Crippen molar-refractivity contribution in [2.24, 2.45) is 10.7 Å². The number of guanidine groups is 1. The van der Waals surface area contributed by atoms with Gasteiger partial charge in [0.15, 0.2) is 0 Å². The normalized spacial score (nSPS) is 14.5. The molecule has 5 rings (SSSR count). The molecule has 40 heavy (non-hydrogen) atoms. The van der Waals surface area contributed by atoms with Gasteiger partial charge in [0.1, 0.15) is 17.1 Å². The van der Waals surface area contributed by atoms with Crippen molar-refractivity contribution in [2.75, 3.05) is 63.8 Å². The highest BCUT2D eigenvalue weighted by molar-refractivity contribution is 6.03. The van der Waals surface area contributed by atoms with Crippen LogP contribution < -0.4 is 25.0 Å². The molecule has 2 heterocycles. The van der Waals surface area contributed by atoms with E-state index in [4.69, 9.17) is 19.6 Å². The van der Waals surface area contributed by atoms with Crippen molar-refractivity contribution in [1.29, 1.82) is 0 Å². The predicted octanol–water partition coefficient (Wildman–Crippen LogP) is 5.68. The van der Waals surface area contributed by atoms with Gasteiger partial charge in [0.05, 0.1) is 25.6 Å². The number of unbranched alkanes of at least 4 members (excludes halogenated alkanes) is 1. The molecule has 1 saturated heterocycles. The minimum atomic E-state index is 0.335. The first-order chi connectivity index (χ1) is 19.6. The Bertz CT molecular complexity index is 1410. The number of methoxy groups -OCH3 is 2. The molecule has 8 heteroatoms. The number of hydrogen-bond acceptors (Lipinski definition) is 6. The largest absolute Gasteiger partial charge is 0.495 e. The van der Waals surface area contributed by atoms with E-state index in [-0.39, 0.29) is 0 Å². The number of fused-ring (bicyclic) bond motifs is 1. The zero-order valence-electron chi connectivity index (χ0n) is 23.7. The van der Waals surface area contributed by atoms with Gasteiger partial charge in [0.25, 0.3) is 0 Å². The summed E-state index contributed by atoms with van der Waals surface area (Å²) in [5, 5.41) is 1.00. The van der Waals surface area contributed by atoms with Crippen molar-refractivity contribution in [1.82, 2.24) is 4.90 Å². The summed E-state index contributed by atoms with van der Waals surface area (Å²) in [7, 11) is 5.09. The van der Waals surface area contributed by atoms with Crippen LogP contribution in [0.3, 0.4) is 0 Å². The van der Waals surface area contributed by atoms with Gasteiger partial charge in [0, 0.05) is 44.7 Å². The lowest BCUT2D eigenvalue weighted by atomic mass is 10.1. The predicted molar refractivity (Wildman–Crippen MR) is 163 cm³/mol. The van der Waals surface area contributed by atoms with E-state index < -0.39 is 0 Å². The molecule has 0 spiro atoms. The molecule has 2 N–H and O–H groups in total. The maximum Gasteiger partial charge on any atom is 0.208 e. The Morgan fingerprint density at radius 1 is 0.900 bits per heavy atom. The van der Waals surface area contributed by atoms with Gasteiger partial charge in [-0.3, -0.25) is 9.89 Å². The summed E-state index contributed by atoms with van der Waals surface area (Å²) in [5.41, 5.74) is 10.4. The zero-order chi connectivity index (χ0) is 27.9. The molecule has 1 fully saturated rings. The molecule has 1 aromatic heterocycles. The van der Waals surface area contributed by atoms with Crippen LogP contribution in [0.4, 0.5) is 17.3 Å². The first-order valence-corrected chi connectivity index (χ1v) is 13.9. The van der Waals surface area contributed by atoms with Gasteiger partial charge >= 0.3 is 0 Å². The fraction of sp³-hybridized carbons (Fsp3) is 0.344. The van der Waals surface area contributed by atoms with Gasteiger partial charge < -0.3 is 24.5 Å². The first-order valence-electron chi connectivity index (χ1n) is 13.9. The molecule has 1 aliphatic rings. The molecule has 0 amide bonds. The average molecular weight is 542 g/mol. The molecule has 0 unspecified atom stereocenters. The smallest absolute Gasteiger partial charge is 0.208 e. The molecule has 0 saturated carbocycles. The molecule has 8 nitrogen and oxygen atoms in total. The van der Waals surface area contributed by atoms with E-state index in [9.17, 15) is 0 Å². The van der Waals surface area contributed by atoms with Crippen LogP contribution in [-0.4, -0.2) is 64.9 Å². The number of rotatable bonds is 10. The number of aryl methyl sites for hydroxylation is 1. The van der Waals surface area contributed by atoms with Crippen molar-refractivity contribution < 1.29 is 13.9 Å². The summed E-state index contributed by atoms with van der Waals surface area (Å²) < 4.78 is 17.4. The number of furan rings is 1. The first kappa shape index (κ1) is 27.4. The highest BCUT2D eigenvalue weighted by Crippen LogP contribution is 2.37. The number of piperazine rings is 1. The van der Waals surface area contributed by atoms with Gasteiger partial charge in [0.2, 0.25) is 11.8 Å². The number of aliphatic imine (C=N–C) groups is 1. The average Bonchev–Trinajstić information content (AvgIpc) is 3.43. The second kappa shape index (κ2) is 12.8. The van der Waals surface area contributed by atoms with Crippen LogP contribution in [0.25, 0.3) is 11.0 Å². The number of ether oxygens (including phenoxy) is 2. The topological polar surface area (TPSA) is 79.7 Å². The molecule has 0 atom stereocenters. The Hall–Kier alpha value is -4.17. The van der Waals surface area contributed by atoms with E-state index in [1.54, 1.807) is 21.3 Å². The fourth-order valence-corrected chi connectivity index (χ4v) is 5.37. The number of nitrogens with zero attached hydrogens (tertiary/aromatic N) is 4. The van der Waals surface area contributed by atoms with Crippen LogP contribution in [0.1, 0.15) is 18.4 Å². The van der Waals surface area contributed by atoms with Crippen molar-refractivity contribution in [3.8, 4) is 11.5 Å². The van der Waals surface area contributed by atoms with Crippen LogP contribution in [-0.2, 0) is 6.42 Å². The second-order valence-corrected chi connectivity index (χ2v) is 10.0. The molecule has 3 aromatic carbocycles. The van der Waals surface area contributed by atoms with Crippen molar-refractivity contribution in [2.45, 2.75) is 19.3 Å². The Kier molecular flexibility index (Phi) is 8.76. The quantitative estimate of drug-likeness (QED) is 0.157. The minimum absolute atomic E-state index is 0.335. The lowest BCUT2D eigenvalue weighted by molar-refractivity contribution is 0.252. The summed E-state index contributed by atoms with van der Waals surface area (Å²) >= 11 is 0. The van der Waals surface area contributed by atoms with Crippen LogP contribution in [0.5, 0.6) is 11.5 Å². The van der Waals surface area contributed by atoms with E-state index in [0.29, 0.717) is 17.6 Å². The van der Waals surface area contributed by atoms with Crippen LogP contribution in [0.15, 0.2) is 82.2 Å². The molecule has 210 valence electrons. The summed E-state index contributed by atoms with van der Waals surface area (Å²) in [6.45, 7) is 5.25. The number of nitrogens with two attached hydrogens (primary N) is 1. The highest BCUT2D eigenvalue weighted by Gasteiger charge is 2.22. The Morgan fingerprint density at radius 2 is 1.65 bits per heavy atom. The van der Waals surface area contributed by atoms with Gasteiger partial charge in [-0.05, 0) is 61.7 Å². The summed E-state index contributed by atoms with van der Waals surface area (Å²) in [5.74, 6) is 2.60. The van der Waals surface area contributed by atoms with E-state index >= 15 is 0 Å². The third-order valence-electron chi connectivity index (χ3n) is 7.56. The van der Waals surface area contributed by atoms with Crippen molar-refractivity contribution in [3.05, 3.63) is 78.4 Å². The number of para-hydroxylation sites is 3. The molecular weight excluding hydrogens is 502 g/mol. The summed E-state index contributed by atoms with van der Waals surface area (Å²) in [6, 6.07) is 24.4. The van der Waals surface area contributed by atoms with Crippen molar-refractivity contribution >= 4 is 34.2 Å². The Balaban J connectivity index is 1.21. The zero-order valence-corrected chi connectivity index (χ0v) is 23.7. The van der Waals surface area contributed by atoms with E-state index in [2.05, 4.69) is 39.1 Å². The molecule has 1 aliphatic heterocycles. The molecular formula is C32H39N5O3. The van der Waals surface area contributed by atoms with Gasteiger partial charge in [-0.15, -0.1) is 0 Å². The van der Waals surface area contributed by atoms with E-state index in [0.717, 1.165) is 74.4 Å². The molecule has 0 bridgehead atoms. The number of anilines is 3. The summed E-state index contributed by atoms with van der Waals surface area (Å²) in [4.78, 5) is 11.1. The monoisotopic (exact) mass is 541 g/mol. The second-order valence-electron chi connectivity index (χ2n) is 10.0. The SMILES string of the molecule is CN=C(N)N(c1cc2ccccc2o1)c1cc(CCCCN2CCN(c3ccccc3OC)CC2)ccc1OC.